The number of halogens is 3. The van der Waals surface area contributed by atoms with Gasteiger partial charge in [0.15, 0.2) is 0 Å². The zero-order valence-electron chi connectivity index (χ0n) is 10.7. The second-order valence-electron chi connectivity index (χ2n) is 4.77. The molecule has 8 heteroatoms. The van der Waals surface area contributed by atoms with E-state index >= 15 is 0 Å². The minimum atomic E-state index is -4.54. The lowest BCUT2D eigenvalue weighted by molar-refractivity contribution is -0.138. The highest BCUT2D eigenvalue weighted by molar-refractivity contribution is 5.80. The first-order valence-electron chi connectivity index (χ1n) is 5.36. The maximum absolute atomic E-state index is 12.2. The number of carbonyl (C=O) groups excluding carboxylic acids is 1. The molecule has 0 saturated heterocycles. The number of carboxylic acid groups (broad SMARTS) is 1. The fourth-order valence-corrected chi connectivity index (χ4v) is 1.07. The van der Waals surface area contributed by atoms with Crippen molar-refractivity contribution in [2.75, 3.05) is 0 Å². The van der Waals surface area contributed by atoms with E-state index in [1.807, 2.05) is 5.32 Å². The van der Waals surface area contributed by atoms with Gasteiger partial charge in [-0.05, 0) is 20.8 Å². The normalized spacial score (nSPS) is 14.2. The minimum absolute atomic E-state index is 0.535. The Balaban J connectivity index is 4.67. The molecule has 0 saturated carbocycles. The van der Waals surface area contributed by atoms with Gasteiger partial charge in [0.25, 0.3) is 0 Å². The predicted molar refractivity (Wildman–Crippen MR) is 60.6 cm³/mol. The van der Waals surface area contributed by atoms with Crippen LogP contribution in [0, 0.1) is 0 Å². The van der Waals surface area contributed by atoms with Gasteiger partial charge in [-0.3, -0.25) is 0 Å². The number of alkyl halides is 3. The molecular weight excluding hydrogens is 267 g/mol. The number of carboxylic acids is 1. The first kappa shape index (κ1) is 17.3. The third-order valence-electron chi connectivity index (χ3n) is 1.62. The molecule has 2 N–H and O–H groups in total. The van der Waals surface area contributed by atoms with E-state index in [1.54, 1.807) is 20.8 Å². The van der Waals surface area contributed by atoms with Crippen molar-refractivity contribution in [1.82, 2.24) is 5.32 Å². The minimum Gasteiger partial charge on any atom is -0.478 e. The zero-order chi connectivity index (χ0) is 15.3. The van der Waals surface area contributed by atoms with E-state index in [0.29, 0.717) is 6.08 Å². The van der Waals surface area contributed by atoms with Crippen molar-refractivity contribution < 1.29 is 32.6 Å². The molecule has 0 aromatic heterocycles. The third kappa shape index (κ3) is 11.1. The smallest absolute Gasteiger partial charge is 0.408 e. The number of alkyl carbamates (subject to hydrolysis) is 1. The highest BCUT2D eigenvalue weighted by Gasteiger charge is 2.32. The maximum atomic E-state index is 12.2. The lowest BCUT2D eigenvalue weighted by atomic mass is 10.2. The van der Waals surface area contributed by atoms with Gasteiger partial charge in [0.2, 0.25) is 0 Å². The molecule has 0 aromatic carbocycles. The Hall–Kier alpha value is -1.73. The molecule has 0 aliphatic rings. The van der Waals surface area contributed by atoms with Crippen molar-refractivity contribution >= 4 is 12.1 Å². The van der Waals surface area contributed by atoms with Gasteiger partial charge in [-0.25, -0.2) is 9.59 Å². The lowest BCUT2D eigenvalue weighted by Crippen LogP contribution is -2.40. The number of rotatable bonds is 4. The number of aliphatic carboxylic acids is 1. The maximum Gasteiger partial charge on any atom is 0.408 e. The van der Waals surface area contributed by atoms with Crippen molar-refractivity contribution in [3.8, 4) is 0 Å². The fraction of sp³-hybridized carbons (Fsp3) is 0.636. The largest absolute Gasteiger partial charge is 0.478 e. The first-order chi connectivity index (χ1) is 8.39. The van der Waals surface area contributed by atoms with Crippen molar-refractivity contribution in [2.45, 2.75) is 45.0 Å². The van der Waals surface area contributed by atoms with E-state index in [2.05, 4.69) is 0 Å². The van der Waals surface area contributed by atoms with Crippen LogP contribution in [0.15, 0.2) is 12.2 Å². The molecule has 0 aliphatic heterocycles. The van der Waals surface area contributed by atoms with Gasteiger partial charge in [-0.15, -0.1) is 0 Å². The van der Waals surface area contributed by atoms with Crippen LogP contribution in [-0.2, 0) is 9.53 Å². The Morgan fingerprint density at radius 3 is 2.21 bits per heavy atom. The summed E-state index contributed by atoms with van der Waals surface area (Å²) in [6, 6.07) is -1.49. The van der Waals surface area contributed by atoms with E-state index in [1.165, 1.54) is 0 Å². The van der Waals surface area contributed by atoms with Crippen molar-refractivity contribution in [3.63, 3.8) is 0 Å². The zero-order valence-corrected chi connectivity index (χ0v) is 10.7. The van der Waals surface area contributed by atoms with Gasteiger partial charge in [-0.2, -0.15) is 13.2 Å². The number of nitrogens with one attached hydrogen (secondary N) is 1. The molecule has 1 atom stereocenters. The fourth-order valence-electron chi connectivity index (χ4n) is 1.07. The average molecular weight is 283 g/mol. The van der Waals surface area contributed by atoms with Crippen LogP contribution in [0.3, 0.4) is 0 Å². The number of ether oxygens (including phenoxy) is 1. The monoisotopic (exact) mass is 283 g/mol. The van der Waals surface area contributed by atoms with Crippen LogP contribution in [-0.4, -0.2) is 35.0 Å². The quantitative estimate of drug-likeness (QED) is 0.777. The second-order valence-corrected chi connectivity index (χ2v) is 4.77. The van der Waals surface area contributed by atoms with E-state index in [-0.39, 0.29) is 0 Å². The molecule has 0 aliphatic carbocycles. The Morgan fingerprint density at radius 2 is 1.84 bits per heavy atom. The molecule has 0 fully saturated rings. The van der Waals surface area contributed by atoms with Crippen LogP contribution >= 0.6 is 0 Å². The third-order valence-corrected chi connectivity index (χ3v) is 1.62. The van der Waals surface area contributed by atoms with E-state index in [4.69, 9.17) is 9.84 Å². The number of carbonyl (C=O) groups is 2. The Bertz CT molecular complexity index is 358. The summed E-state index contributed by atoms with van der Waals surface area (Å²) in [6.07, 6.45) is -5.68. The van der Waals surface area contributed by atoms with Crippen LogP contribution in [0.5, 0.6) is 0 Å². The van der Waals surface area contributed by atoms with Gasteiger partial charge in [0.1, 0.15) is 5.60 Å². The molecule has 0 aromatic rings. The summed E-state index contributed by atoms with van der Waals surface area (Å²) in [5.74, 6) is -1.40. The molecule has 0 heterocycles. The Morgan fingerprint density at radius 1 is 1.32 bits per heavy atom. The van der Waals surface area contributed by atoms with Gasteiger partial charge in [0, 0.05) is 6.08 Å². The summed E-state index contributed by atoms with van der Waals surface area (Å²) in [5.41, 5.74) is -0.858. The molecule has 0 spiro atoms. The topological polar surface area (TPSA) is 75.6 Å². The van der Waals surface area contributed by atoms with Gasteiger partial charge < -0.3 is 15.2 Å². The molecular formula is C11H16F3NO4. The highest BCUT2D eigenvalue weighted by Crippen LogP contribution is 2.22. The van der Waals surface area contributed by atoms with Crippen molar-refractivity contribution in [2.24, 2.45) is 0 Å². The molecule has 0 bridgehead atoms. The van der Waals surface area contributed by atoms with Gasteiger partial charge in [-0.1, -0.05) is 6.08 Å². The van der Waals surface area contributed by atoms with Crippen LogP contribution < -0.4 is 5.32 Å². The summed E-state index contributed by atoms with van der Waals surface area (Å²) in [7, 11) is 0. The number of amides is 1. The Labute approximate surface area is 108 Å². The highest BCUT2D eigenvalue weighted by atomic mass is 19.4. The van der Waals surface area contributed by atoms with Crippen LogP contribution in [0.4, 0.5) is 18.0 Å². The summed E-state index contributed by atoms with van der Waals surface area (Å²) in [6.45, 7) is 4.66. The van der Waals surface area contributed by atoms with E-state index in [9.17, 15) is 22.8 Å². The van der Waals surface area contributed by atoms with Crippen molar-refractivity contribution in [3.05, 3.63) is 12.2 Å². The van der Waals surface area contributed by atoms with Crippen LogP contribution in [0.1, 0.15) is 27.2 Å². The van der Waals surface area contributed by atoms with Gasteiger partial charge in [0.05, 0.1) is 12.5 Å². The van der Waals surface area contributed by atoms with Crippen molar-refractivity contribution in [1.29, 1.82) is 0 Å². The van der Waals surface area contributed by atoms with Crippen LogP contribution in [0.25, 0.3) is 0 Å². The Kier molecular flexibility index (Phi) is 5.85. The van der Waals surface area contributed by atoms with E-state index < -0.39 is 36.3 Å². The summed E-state index contributed by atoms with van der Waals surface area (Å²) in [4.78, 5) is 21.6. The molecule has 5 nitrogen and oxygen atoms in total. The molecule has 19 heavy (non-hydrogen) atoms. The standard InChI is InChI=1S/C11H16F3NO4/c1-10(2,3)19-9(18)15-7(4-5-8(16)17)6-11(12,13)14/h4-5,7H,6H2,1-3H3,(H,15,18)(H,16,17)/b5-4+/t7-/m1/s1. The summed E-state index contributed by atoms with van der Waals surface area (Å²) in [5, 5.41) is 10.3. The molecule has 0 radical (unpaired) electrons. The molecule has 0 rings (SSSR count). The second kappa shape index (κ2) is 6.44. The predicted octanol–water partition coefficient (Wildman–Crippen LogP) is 2.47. The van der Waals surface area contributed by atoms with Crippen LogP contribution in [0.2, 0.25) is 0 Å². The summed E-state index contributed by atoms with van der Waals surface area (Å²) >= 11 is 0. The molecule has 0 unspecified atom stereocenters. The summed E-state index contributed by atoms with van der Waals surface area (Å²) < 4.78 is 41.5. The van der Waals surface area contributed by atoms with E-state index in [0.717, 1.165) is 6.08 Å². The SMILES string of the molecule is CC(C)(C)OC(=O)N[C@H](/C=C/C(=O)O)CC(F)(F)F. The lowest BCUT2D eigenvalue weighted by Gasteiger charge is -2.22. The number of hydrogen-bond donors (Lipinski definition) is 2. The molecule has 1 amide bonds. The first-order valence-corrected chi connectivity index (χ1v) is 5.36. The number of hydrogen-bond acceptors (Lipinski definition) is 3. The van der Waals surface area contributed by atoms with Gasteiger partial charge >= 0.3 is 18.2 Å². The average Bonchev–Trinajstić information content (AvgIpc) is 2.08. The molecule has 110 valence electrons.